The van der Waals surface area contributed by atoms with Gasteiger partial charge in [-0.15, -0.1) is 0 Å². The summed E-state index contributed by atoms with van der Waals surface area (Å²) in [6.07, 6.45) is -4.42. The predicted molar refractivity (Wildman–Crippen MR) is 101 cm³/mol. The molecule has 1 aliphatic carbocycles. The summed E-state index contributed by atoms with van der Waals surface area (Å²) in [5.41, 5.74) is 1.52. The quantitative estimate of drug-likeness (QED) is 0.595. The highest BCUT2D eigenvalue weighted by Gasteiger charge is 2.40. The Morgan fingerprint density at radius 2 is 1.46 bits per heavy atom. The smallest absolute Gasteiger partial charge is 0.416 e. The first-order valence-electron chi connectivity index (χ1n) is 8.74. The van der Waals surface area contributed by atoms with Crippen molar-refractivity contribution in [1.82, 2.24) is 0 Å². The monoisotopic (exact) mass is 388 g/mol. The molecule has 1 aliphatic rings. The summed E-state index contributed by atoms with van der Waals surface area (Å²) < 4.78 is 50.5. The van der Waals surface area contributed by atoms with Crippen LogP contribution in [0.1, 0.15) is 30.5 Å². The number of ether oxygens (including phenoxy) is 2. The third-order valence-electron chi connectivity index (χ3n) is 5.58. The van der Waals surface area contributed by atoms with Crippen molar-refractivity contribution in [2.75, 3.05) is 14.2 Å². The summed E-state index contributed by atoms with van der Waals surface area (Å²) in [5.74, 6) is 1.00. The fourth-order valence-electron chi connectivity index (χ4n) is 4.11. The highest BCUT2D eigenvalue weighted by Crippen LogP contribution is 2.55. The lowest BCUT2D eigenvalue weighted by Gasteiger charge is -2.23. The molecule has 3 nitrogen and oxygen atoms in total. The number of hydrogen-bond donors (Lipinski definition) is 1. The molecule has 0 aromatic heterocycles. The highest BCUT2D eigenvalue weighted by molar-refractivity contribution is 6.06. The third-order valence-corrected chi connectivity index (χ3v) is 5.58. The largest absolute Gasteiger partial charge is 0.507 e. The molecule has 0 saturated carbocycles. The Morgan fingerprint density at radius 3 is 2.04 bits per heavy atom. The SMILES string of the molecule is COc1cc2c(O)cc3c(c2cc1OC)-c1ccc(C(F)(F)F)cc1C3(C)C. The van der Waals surface area contributed by atoms with Crippen molar-refractivity contribution in [2.24, 2.45) is 0 Å². The maximum Gasteiger partial charge on any atom is 0.416 e. The molecule has 28 heavy (non-hydrogen) atoms. The van der Waals surface area contributed by atoms with Gasteiger partial charge < -0.3 is 14.6 Å². The summed E-state index contributed by atoms with van der Waals surface area (Å²) in [7, 11) is 3.02. The molecule has 4 rings (SSSR count). The summed E-state index contributed by atoms with van der Waals surface area (Å²) in [4.78, 5) is 0. The van der Waals surface area contributed by atoms with E-state index in [9.17, 15) is 18.3 Å². The van der Waals surface area contributed by atoms with Crippen molar-refractivity contribution in [1.29, 1.82) is 0 Å². The molecule has 0 unspecified atom stereocenters. The summed E-state index contributed by atoms with van der Waals surface area (Å²) in [6, 6.07) is 8.90. The van der Waals surface area contributed by atoms with Gasteiger partial charge in [0.15, 0.2) is 11.5 Å². The predicted octanol–water partition coefficient (Wildman–Crippen LogP) is 5.89. The van der Waals surface area contributed by atoms with Gasteiger partial charge in [-0.25, -0.2) is 0 Å². The first kappa shape index (κ1) is 18.5. The standard InChI is InChI=1S/C22H19F3O3/c1-21(2)15-7-11(22(23,24)25)5-6-12(15)20-14-9-19(28-4)18(27-3)8-13(14)17(26)10-16(20)21/h5-10,26H,1-4H3. The van der Waals surface area contributed by atoms with Crippen molar-refractivity contribution in [3.05, 3.63) is 53.1 Å². The zero-order valence-corrected chi connectivity index (χ0v) is 15.9. The Balaban J connectivity index is 2.10. The number of rotatable bonds is 2. The van der Waals surface area contributed by atoms with Crippen LogP contribution in [0.25, 0.3) is 21.9 Å². The average Bonchev–Trinajstić information content (AvgIpc) is 2.87. The molecule has 3 aromatic carbocycles. The zero-order chi connectivity index (χ0) is 20.4. The van der Waals surface area contributed by atoms with Gasteiger partial charge in [0.05, 0.1) is 19.8 Å². The average molecular weight is 388 g/mol. The number of hydrogen-bond acceptors (Lipinski definition) is 3. The maximum absolute atomic E-state index is 13.3. The number of phenols is 1. The molecule has 0 bridgehead atoms. The van der Waals surface area contributed by atoms with Gasteiger partial charge in [0.2, 0.25) is 0 Å². The van der Waals surface area contributed by atoms with E-state index in [0.29, 0.717) is 27.8 Å². The molecule has 0 atom stereocenters. The second-order valence-corrected chi connectivity index (χ2v) is 7.45. The Labute approximate surface area is 160 Å². The fraction of sp³-hybridized carbons (Fsp3) is 0.273. The number of phenolic OH excluding ortho intramolecular Hbond substituents is 1. The maximum atomic E-state index is 13.3. The first-order valence-corrected chi connectivity index (χ1v) is 8.74. The van der Waals surface area contributed by atoms with Crippen molar-refractivity contribution >= 4 is 10.8 Å². The third kappa shape index (κ3) is 2.44. The van der Waals surface area contributed by atoms with Gasteiger partial charge in [0, 0.05) is 10.8 Å². The van der Waals surface area contributed by atoms with Crippen molar-refractivity contribution < 1.29 is 27.8 Å². The number of halogens is 3. The molecule has 1 N–H and O–H groups in total. The van der Waals surface area contributed by atoms with Gasteiger partial charge in [0.25, 0.3) is 0 Å². The van der Waals surface area contributed by atoms with Crippen LogP contribution in [0.2, 0.25) is 0 Å². The molecule has 0 heterocycles. The highest BCUT2D eigenvalue weighted by atomic mass is 19.4. The lowest BCUT2D eigenvalue weighted by Crippen LogP contribution is -2.16. The van der Waals surface area contributed by atoms with E-state index < -0.39 is 17.2 Å². The van der Waals surface area contributed by atoms with Crippen LogP contribution in [0.5, 0.6) is 17.2 Å². The van der Waals surface area contributed by atoms with Crippen LogP contribution < -0.4 is 9.47 Å². The van der Waals surface area contributed by atoms with Gasteiger partial charge in [0.1, 0.15) is 5.75 Å². The number of fused-ring (bicyclic) bond motifs is 5. The number of benzene rings is 3. The van der Waals surface area contributed by atoms with Crippen molar-refractivity contribution in [2.45, 2.75) is 25.4 Å². The number of methoxy groups -OCH3 is 2. The Morgan fingerprint density at radius 1 is 0.857 bits per heavy atom. The fourth-order valence-corrected chi connectivity index (χ4v) is 4.11. The molecule has 0 amide bonds. The molecule has 0 saturated heterocycles. The summed E-state index contributed by atoms with van der Waals surface area (Å²) in [6.45, 7) is 3.73. The lowest BCUT2D eigenvalue weighted by atomic mass is 9.81. The van der Waals surface area contributed by atoms with Crippen LogP contribution in [-0.2, 0) is 11.6 Å². The van der Waals surface area contributed by atoms with E-state index in [2.05, 4.69) is 0 Å². The molecule has 0 spiro atoms. The van der Waals surface area contributed by atoms with E-state index in [-0.39, 0.29) is 5.75 Å². The van der Waals surface area contributed by atoms with Gasteiger partial charge in [-0.3, -0.25) is 0 Å². The van der Waals surface area contributed by atoms with Crippen LogP contribution in [0.4, 0.5) is 13.2 Å². The van der Waals surface area contributed by atoms with E-state index >= 15 is 0 Å². The summed E-state index contributed by atoms with van der Waals surface area (Å²) >= 11 is 0. The minimum Gasteiger partial charge on any atom is -0.507 e. The molecule has 146 valence electrons. The second-order valence-electron chi connectivity index (χ2n) is 7.45. The zero-order valence-electron chi connectivity index (χ0n) is 15.9. The van der Waals surface area contributed by atoms with E-state index in [1.807, 2.05) is 13.8 Å². The molecule has 3 aromatic rings. The minimum absolute atomic E-state index is 0.0478. The molecule has 0 fully saturated rings. The van der Waals surface area contributed by atoms with Crippen LogP contribution >= 0.6 is 0 Å². The van der Waals surface area contributed by atoms with E-state index in [1.165, 1.54) is 26.4 Å². The van der Waals surface area contributed by atoms with Crippen molar-refractivity contribution in [3.8, 4) is 28.4 Å². The van der Waals surface area contributed by atoms with Gasteiger partial charge in [-0.1, -0.05) is 19.9 Å². The Hall–Kier alpha value is -2.89. The molecule has 0 aliphatic heterocycles. The van der Waals surface area contributed by atoms with Crippen LogP contribution in [0, 0.1) is 0 Å². The van der Waals surface area contributed by atoms with Gasteiger partial charge >= 0.3 is 6.18 Å². The van der Waals surface area contributed by atoms with Crippen LogP contribution in [0.3, 0.4) is 0 Å². The molecule has 0 radical (unpaired) electrons. The van der Waals surface area contributed by atoms with Gasteiger partial charge in [-0.2, -0.15) is 13.2 Å². The number of alkyl halides is 3. The topological polar surface area (TPSA) is 38.7 Å². The van der Waals surface area contributed by atoms with Crippen LogP contribution in [0.15, 0.2) is 36.4 Å². The van der Waals surface area contributed by atoms with Crippen LogP contribution in [-0.4, -0.2) is 19.3 Å². The summed E-state index contributed by atoms with van der Waals surface area (Å²) in [5, 5.41) is 11.9. The Kier molecular flexibility index (Phi) is 3.83. The molecular formula is C22H19F3O3. The van der Waals surface area contributed by atoms with E-state index in [1.54, 1.807) is 18.2 Å². The second kappa shape index (κ2) is 5.80. The Bertz CT molecular complexity index is 1110. The normalized spacial score (nSPS) is 14.7. The lowest BCUT2D eigenvalue weighted by molar-refractivity contribution is -0.137. The minimum atomic E-state index is -4.42. The van der Waals surface area contributed by atoms with E-state index in [0.717, 1.165) is 22.8 Å². The molecule has 6 heteroatoms. The van der Waals surface area contributed by atoms with E-state index in [4.69, 9.17) is 9.47 Å². The van der Waals surface area contributed by atoms with Gasteiger partial charge in [-0.05, 0) is 58.0 Å². The van der Waals surface area contributed by atoms with Crippen molar-refractivity contribution in [3.63, 3.8) is 0 Å². The number of aromatic hydroxyl groups is 1. The first-order chi connectivity index (χ1) is 13.1. The molecular weight excluding hydrogens is 369 g/mol.